The molecule has 0 spiro atoms. The Labute approximate surface area is 166 Å². The van der Waals surface area contributed by atoms with Gasteiger partial charge in [-0.15, -0.1) is 11.3 Å². The molecule has 1 N–H and O–H groups in total. The Morgan fingerprint density at radius 3 is 2.93 bits per heavy atom. The number of aryl methyl sites for hydroxylation is 3. The van der Waals surface area contributed by atoms with E-state index in [1.165, 1.54) is 41.3 Å². The molecule has 2 aliphatic heterocycles. The summed E-state index contributed by atoms with van der Waals surface area (Å²) < 4.78 is 11.8. The molecule has 2 unspecified atom stereocenters. The van der Waals surface area contributed by atoms with Crippen molar-refractivity contribution in [1.82, 2.24) is 15.2 Å². The van der Waals surface area contributed by atoms with Gasteiger partial charge in [0.25, 0.3) is 0 Å². The quantitative estimate of drug-likeness (QED) is 0.474. The van der Waals surface area contributed by atoms with Crippen LogP contribution < -0.4 is 5.32 Å². The Morgan fingerprint density at radius 1 is 1.22 bits per heavy atom. The summed E-state index contributed by atoms with van der Waals surface area (Å²) in [7, 11) is 1.87. The summed E-state index contributed by atoms with van der Waals surface area (Å²) in [5.41, 5.74) is 1.37. The standard InChI is InChI=1S/C20H32N4O2S/c1-21-20(24-11-13-26-17(14-24)16-7-5-12-25-16)22-10-4-9-19-23-15-6-2-3-8-18(15)27-19/h16-17H,2-14H2,1H3,(H,21,22). The van der Waals surface area contributed by atoms with E-state index in [1.54, 1.807) is 0 Å². The molecule has 0 aromatic carbocycles. The zero-order valence-electron chi connectivity index (χ0n) is 16.4. The second-order valence-corrected chi connectivity index (χ2v) is 8.84. The number of rotatable bonds is 5. The van der Waals surface area contributed by atoms with Gasteiger partial charge in [-0.25, -0.2) is 4.98 Å². The SMILES string of the molecule is CN=C(NCCCc1nc2c(s1)CCCC2)N1CCOC(C2CCCO2)C1. The summed E-state index contributed by atoms with van der Waals surface area (Å²) in [6.45, 7) is 4.30. The molecule has 2 atom stereocenters. The minimum atomic E-state index is 0.168. The molecule has 6 nitrogen and oxygen atoms in total. The monoisotopic (exact) mass is 392 g/mol. The lowest BCUT2D eigenvalue weighted by Crippen LogP contribution is -2.53. The van der Waals surface area contributed by atoms with Crippen molar-refractivity contribution in [2.24, 2.45) is 4.99 Å². The zero-order valence-corrected chi connectivity index (χ0v) is 17.2. The Bertz CT molecular complexity index is 618. The number of thiazole rings is 1. The Hall–Kier alpha value is -1.18. The molecule has 3 aliphatic rings. The van der Waals surface area contributed by atoms with Crippen LogP contribution in [0.15, 0.2) is 4.99 Å². The third-order valence-electron chi connectivity index (χ3n) is 5.72. The van der Waals surface area contributed by atoms with Gasteiger partial charge in [0, 0.05) is 44.6 Å². The summed E-state index contributed by atoms with van der Waals surface area (Å²) in [6, 6.07) is 0. The van der Waals surface area contributed by atoms with E-state index < -0.39 is 0 Å². The molecular weight excluding hydrogens is 360 g/mol. The summed E-state index contributed by atoms with van der Waals surface area (Å²) in [5, 5.41) is 4.85. The molecule has 0 radical (unpaired) electrons. The van der Waals surface area contributed by atoms with Crippen molar-refractivity contribution in [3.05, 3.63) is 15.6 Å². The second kappa shape index (κ2) is 9.34. The average molecular weight is 393 g/mol. The maximum absolute atomic E-state index is 5.95. The van der Waals surface area contributed by atoms with Gasteiger partial charge in [0.05, 0.1) is 23.4 Å². The fourth-order valence-corrected chi connectivity index (χ4v) is 5.47. The van der Waals surface area contributed by atoms with E-state index >= 15 is 0 Å². The first-order valence-electron chi connectivity index (χ1n) is 10.5. The lowest BCUT2D eigenvalue weighted by Gasteiger charge is -2.37. The van der Waals surface area contributed by atoms with Gasteiger partial charge in [-0.05, 0) is 44.9 Å². The lowest BCUT2D eigenvalue weighted by atomic mass is 10.0. The summed E-state index contributed by atoms with van der Waals surface area (Å²) in [4.78, 5) is 13.2. The molecule has 27 heavy (non-hydrogen) atoms. The molecule has 1 aliphatic carbocycles. The fourth-order valence-electron chi connectivity index (χ4n) is 4.27. The molecule has 2 fully saturated rings. The van der Waals surface area contributed by atoms with E-state index in [0.29, 0.717) is 0 Å². The number of nitrogens with zero attached hydrogens (tertiary/aromatic N) is 3. The van der Waals surface area contributed by atoms with E-state index in [-0.39, 0.29) is 12.2 Å². The Balaban J connectivity index is 1.22. The van der Waals surface area contributed by atoms with E-state index in [9.17, 15) is 0 Å². The number of nitrogens with one attached hydrogen (secondary N) is 1. The van der Waals surface area contributed by atoms with Crippen LogP contribution in [0, 0.1) is 0 Å². The van der Waals surface area contributed by atoms with Crippen LogP contribution in [0.1, 0.15) is 47.7 Å². The lowest BCUT2D eigenvalue weighted by molar-refractivity contribution is -0.0816. The van der Waals surface area contributed by atoms with Crippen molar-refractivity contribution >= 4 is 17.3 Å². The van der Waals surface area contributed by atoms with E-state index in [4.69, 9.17) is 14.5 Å². The molecule has 0 bridgehead atoms. The Kier molecular flexibility index (Phi) is 6.63. The van der Waals surface area contributed by atoms with Crippen molar-refractivity contribution in [2.75, 3.05) is 39.9 Å². The highest BCUT2D eigenvalue weighted by Crippen LogP contribution is 2.27. The molecule has 7 heteroatoms. The minimum absolute atomic E-state index is 0.168. The minimum Gasteiger partial charge on any atom is -0.375 e. The van der Waals surface area contributed by atoms with E-state index in [0.717, 1.165) is 64.5 Å². The number of fused-ring (bicyclic) bond motifs is 1. The molecule has 3 heterocycles. The van der Waals surface area contributed by atoms with Gasteiger partial charge in [-0.1, -0.05) is 0 Å². The van der Waals surface area contributed by atoms with Crippen LogP contribution >= 0.6 is 11.3 Å². The number of morpholine rings is 1. The molecule has 1 aromatic heterocycles. The van der Waals surface area contributed by atoms with Gasteiger partial charge < -0.3 is 19.7 Å². The first-order valence-corrected chi connectivity index (χ1v) is 11.3. The van der Waals surface area contributed by atoms with Crippen LogP contribution in [0.3, 0.4) is 0 Å². The highest BCUT2D eigenvalue weighted by molar-refractivity contribution is 7.11. The topological polar surface area (TPSA) is 59.0 Å². The number of hydrogen-bond acceptors (Lipinski definition) is 5. The highest BCUT2D eigenvalue weighted by atomic mass is 32.1. The molecule has 0 saturated carbocycles. The van der Waals surface area contributed by atoms with Crippen molar-refractivity contribution in [3.63, 3.8) is 0 Å². The van der Waals surface area contributed by atoms with Crippen LogP contribution in [0.4, 0.5) is 0 Å². The molecule has 1 aromatic rings. The maximum Gasteiger partial charge on any atom is 0.193 e. The van der Waals surface area contributed by atoms with Crippen LogP contribution in [0.2, 0.25) is 0 Å². The smallest absolute Gasteiger partial charge is 0.193 e. The van der Waals surface area contributed by atoms with Crippen molar-refractivity contribution in [3.8, 4) is 0 Å². The number of guanidine groups is 1. The normalized spacial score (nSPS) is 26.3. The van der Waals surface area contributed by atoms with E-state index in [2.05, 4.69) is 15.2 Å². The average Bonchev–Trinajstić information content (AvgIpc) is 3.38. The third-order valence-corrected chi connectivity index (χ3v) is 6.94. The van der Waals surface area contributed by atoms with Crippen LogP contribution in [-0.4, -0.2) is 67.9 Å². The van der Waals surface area contributed by atoms with Gasteiger partial charge in [0.2, 0.25) is 0 Å². The first-order chi connectivity index (χ1) is 13.3. The number of hydrogen-bond donors (Lipinski definition) is 1. The predicted molar refractivity (Wildman–Crippen MR) is 109 cm³/mol. The first kappa shape index (κ1) is 19.2. The fraction of sp³-hybridized carbons (Fsp3) is 0.800. The maximum atomic E-state index is 5.95. The largest absolute Gasteiger partial charge is 0.375 e. The summed E-state index contributed by atoms with van der Waals surface area (Å²) >= 11 is 1.93. The van der Waals surface area contributed by atoms with Crippen molar-refractivity contribution in [1.29, 1.82) is 0 Å². The number of aromatic nitrogens is 1. The highest BCUT2D eigenvalue weighted by Gasteiger charge is 2.32. The van der Waals surface area contributed by atoms with E-state index in [1.807, 2.05) is 18.4 Å². The van der Waals surface area contributed by atoms with Gasteiger partial charge in [-0.3, -0.25) is 4.99 Å². The number of aliphatic imine (C=N–C) groups is 1. The van der Waals surface area contributed by atoms with Crippen LogP contribution in [0.25, 0.3) is 0 Å². The van der Waals surface area contributed by atoms with Gasteiger partial charge in [0.1, 0.15) is 6.10 Å². The Morgan fingerprint density at radius 2 is 2.11 bits per heavy atom. The van der Waals surface area contributed by atoms with Gasteiger partial charge in [0.15, 0.2) is 5.96 Å². The molecule has 2 saturated heterocycles. The summed E-state index contributed by atoms with van der Waals surface area (Å²) in [5.74, 6) is 0.986. The van der Waals surface area contributed by atoms with Crippen LogP contribution in [-0.2, 0) is 28.7 Å². The molecular formula is C20H32N4O2S. The van der Waals surface area contributed by atoms with Gasteiger partial charge in [-0.2, -0.15) is 0 Å². The van der Waals surface area contributed by atoms with Crippen molar-refractivity contribution in [2.45, 2.75) is 63.6 Å². The molecule has 150 valence electrons. The van der Waals surface area contributed by atoms with Gasteiger partial charge >= 0.3 is 0 Å². The number of ether oxygens (including phenoxy) is 2. The van der Waals surface area contributed by atoms with Crippen LogP contribution in [0.5, 0.6) is 0 Å². The summed E-state index contributed by atoms with van der Waals surface area (Å²) in [6.07, 6.45) is 9.89. The van der Waals surface area contributed by atoms with Crippen molar-refractivity contribution < 1.29 is 9.47 Å². The predicted octanol–water partition coefficient (Wildman–Crippen LogP) is 2.41. The third kappa shape index (κ3) is 4.81. The second-order valence-electron chi connectivity index (χ2n) is 7.67. The zero-order chi connectivity index (χ0) is 18.5. The molecule has 4 rings (SSSR count). The molecule has 0 amide bonds.